The molecule has 0 radical (unpaired) electrons. The van der Waals surface area contributed by atoms with Crippen LogP contribution >= 0.6 is 15.9 Å². The quantitative estimate of drug-likeness (QED) is 0.902. The number of aromatic nitrogens is 1. The molecule has 6 heteroatoms. The number of pyridine rings is 1. The number of nitrogens with zero attached hydrogens (tertiary/aromatic N) is 2. The van der Waals surface area contributed by atoms with E-state index in [2.05, 4.69) is 20.9 Å². The summed E-state index contributed by atoms with van der Waals surface area (Å²) in [6.07, 6.45) is 4.10. The maximum atomic E-state index is 12.4. The number of likely N-dealkylation sites (tertiary alicyclic amines) is 1. The van der Waals surface area contributed by atoms with Crippen molar-refractivity contribution in [1.82, 2.24) is 9.88 Å². The number of carbonyl (C=O) groups is 2. The standard InChI is InChI=1S/C15H19BrN2O3/c1-2-5-15(14(20)21)6-9-18(10-7-15)13(19)12-11(16)4-3-8-17-12/h3-4,8H,2,5-7,9-10H2,1H3,(H,20,21). The Morgan fingerprint density at radius 1 is 1.43 bits per heavy atom. The van der Waals surface area contributed by atoms with Crippen LogP contribution in [-0.2, 0) is 4.79 Å². The second-order valence-electron chi connectivity index (χ2n) is 5.46. The lowest BCUT2D eigenvalue weighted by molar-refractivity contribution is -0.152. The number of rotatable bonds is 4. The number of carbonyl (C=O) groups excluding carboxylic acids is 1. The van der Waals surface area contributed by atoms with Gasteiger partial charge in [0.25, 0.3) is 5.91 Å². The Bertz CT molecular complexity index is 539. The number of aliphatic carboxylic acids is 1. The van der Waals surface area contributed by atoms with Crippen LogP contribution in [0.4, 0.5) is 0 Å². The molecule has 1 aliphatic heterocycles. The number of hydrogen-bond donors (Lipinski definition) is 1. The molecular formula is C15H19BrN2O3. The summed E-state index contributed by atoms with van der Waals surface area (Å²) in [5.74, 6) is -0.881. The van der Waals surface area contributed by atoms with Gasteiger partial charge in [-0.15, -0.1) is 0 Å². The highest BCUT2D eigenvalue weighted by molar-refractivity contribution is 9.10. The third-order valence-corrected chi connectivity index (χ3v) is 4.79. The highest BCUT2D eigenvalue weighted by Gasteiger charge is 2.41. The fourth-order valence-corrected chi connectivity index (χ4v) is 3.30. The molecule has 1 fully saturated rings. The Hall–Kier alpha value is -1.43. The molecule has 0 aliphatic carbocycles. The van der Waals surface area contributed by atoms with Crippen molar-refractivity contribution < 1.29 is 14.7 Å². The second-order valence-corrected chi connectivity index (χ2v) is 6.32. The van der Waals surface area contributed by atoms with Gasteiger partial charge in [-0.25, -0.2) is 4.98 Å². The van der Waals surface area contributed by atoms with Gasteiger partial charge in [0.05, 0.1) is 5.41 Å². The van der Waals surface area contributed by atoms with Crippen LogP contribution in [0.1, 0.15) is 43.1 Å². The van der Waals surface area contributed by atoms with Crippen molar-refractivity contribution in [3.8, 4) is 0 Å². The molecule has 0 spiro atoms. The SMILES string of the molecule is CCCC1(C(=O)O)CCN(C(=O)c2ncccc2Br)CC1. The minimum absolute atomic E-state index is 0.141. The third kappa shape index (κ3) is 3.26. The van der Waals surface area contributed by atoms with Crippen LogP contribution in [0.25, 0.3) is 0 Å². The average Bonchev–Trinajstić information content (AvgIpc) is 2.48. The molecule has 21 heavy (non-hydrogen) atoms. The van der Waals surface area contributed by atoms with Crippen LogP contribution in [0.3, 0.4) is 0 Å². The van der Waals surface area contributed by atoms with E-state index in [0.29, 0.717) is 42.5 Å². The molecule has 0 saturated carbocycles. The Kier molecular flexibility index (Phi) is 4.98. The highest BCUT2D eigenvalue weighted by atomic mass is 79.9. The fraction of sp³-hybridized carbons (Fsp3) is 0.533. The lowest BCUT2D eigenvalue weighted by Crippen LogP contribution is -2.46. The van der Waals surface area contributed by atoms with Crippen molar-refractivity contribution in [1.29, 1.82) is 0 Å². The first-order valence-electron chi connectivity index (χ1n) is 7.13. The Morgan fingerprint density at radius 2 is 2.10 bits per heavy atom. The van der Waals surface area contributed by atoms with Crippen LogP contribution in [0.2, 0.25) is 0 Å². The first kappa shape index (κ1) is 15.9. The van der Waals surface area contributed by atoms with Gasteiger partial charge in [0.2, 0.25) is 0 Å². The van der Waals surface area contributed by atoms with E-state index < -0.39 is 11.4 Å². The van der Waals surface area contributed by atoms with Gasteiger partial charge in [-0.2, -0.15) is 0 Å². The first-order chi connectivity index (χ1) is 10.00. The average molecular weight is 355 g/mol. The minimum atomic E-state index is -0.740. The summed E-state index contributed by atoms with van der Waals surface area (Å²) >= 11 is 3.33. The normalized spacial score (nSPS) is 17.5. The summed E-state index contributed by atoms with van der Waals surface area (Å²) in [5.41, 5.74) is -0.289. The molecule has 1 aromatic rings. The number of amides is 1. The smallest absolute Gasteiger partial charge is 0.309 e. The summed E-state index contributed by atoms with van der Waals surface area (Å²) in [5, 5.41) is 9.48. The van der Waals surface area contributed by atoms with E-state index in [1.54, 1.807) is 23.2 Å². The molecule has 5 nitrogen and oxygen atoms in total. The molecule has 1 amide bonds. The number of carboxylic acids is 1. The Balaban J connectivity index is 2.09. The van der Waals surface area contributed by atoms with Crippen LogP contribution < -0.4 is 0 Å². The number of carboxylic acid groups (broad SMARTS) is 1. The maximum absolute atomic E-state index is 12.4. The molecule has 0 atom stereocenters. The van der Waals surface area contributed by atoms with Crippen molar-refractivity contribution in [2.24, 2.45) is 5.41 Å². The highest BCUT2D eigenvalue weighted by Crippen LogP contribution is 2.37. The number of piperidine rings is 1. The van der Waals surface area contributed by atoms with Crippen LogP contribution in [0, 0.1) is 5.41 Å². The van der Waals surface area contributed by atoms with Crippen LogP contribution in [0.5, 0.6) is 0 Å². The van der Waals surface area contributed by atoms with Crippen molar-refractivity contribution in [3.63, 3.8) is 0 Å². The van der Waals surface area contributed by atoms with E-state index in [1.807, 2.05) is 6.92 Å². The van der Waals surface area contributed by atoms with Gasteiger partial charge < -0.3 is 10.0 Å². The maximum Gasteiger partial charge on any atom is 0.309 e. The topological polar surface area (TPSA) is 70.5 Å². The summed E-state index contributed by atoms with van der Waals surface area (Å²) < 4.78 is 0.665. The zero-order valence-corrected chi connectivity index (χ0v) is 13.6. The molecule has 0 bridgehead atoms. The van der Waals surface area contributed by atoms with E-state index in [4.69, 9.17) is 0 Å². The molecule has 1 aromatic heterocycles. The van der Waals surface area contributed by atoms with E-state index in [0.717, 1.165) is 6.42 Å². The molecule has 0 unspecified atom stereocenters. The Labute approximate surface area is 132 Å². The van der Waals surface area contributed by atoms with E-state index in [1.165, 1.54) is 0 Å². The van der Waals surface area contributed by atoms with Crippen molar-refractivity contribution in [2.45, 2.75) is 32.6 Å². The molecule has 2 heterocycles. The first-order valence-corrected chi connectivity index (χ1v) is 7.92. The monoisotopic (exact) mass is 354 g/mol. The van der Waals surface area contributed by atoms with Crippen molar-refractivity contribution >= 4 is 27.8 Å². The second kappa shape index (κ2) is 6.56. The molecule has 1 aliphatic rings. The summed E-state index contributed by atoms with van der Waals surface area (Å²) in [7, 11) is 0. The van der Waals surface area contributed by atoms with Gasteiger partial charge in [-0.05, 0) is 47.3 Å². The van der Waals surface area contributed by atoms with Crippen LogP contribution in [0.15, 0.2) is 22.8 Å². The van der Waals surface area contributed by atoms with E-state index in [9.17, 15) is 14.7 Å². The van der Waals surface area contributed by atoms with Gasteiger partial charge in [-0.3, -0.25) is 9.59 Å². The zero-order valence-electron chi connectivity index (χ0n) is 12.0. The summed E-state index contributed by atoms with van der Waals surface area (Å²) in [6, 6.07) is 3.54. The molecule has 2 rings (SSSR count). The van der Waals surface area contributed by atoms with Crippen molar-refractivity contribution in [3.05, 3.63) is 28.5 Å². The number of hydrogen-bond acceptors (Lipinski definition) is 3. The third-order valence-electron chi connectivity index (χ3n) is 4.15. The molecule has 0 aromatic carbocycles. The van der Waals surface area contributed by atoms with Crippen LogP contribution in [-0.4, -0.2) is 40.0 Å². The van der Waals surface area contributed by atoms with Gasteiger partial charge in [0.15, 0.2) is 0 Å². The molecule has 114 valence electrons. The predicted octanol–water partition coefficient (Wildman–Crippen LogP) is 2.95. The predicted molar refractivity (Wildman–Crippen MR) is 82.1 cm³/mol. The Morgan fingerprint density at radius 3 is 2.62 bits per heavy atom. The van der Waals surface area contributed by atoms with Gasteiger partial charge >= 0.3 is 5.97 Å². The number of halogens is 1. The molecule has 1 N–H and O–H groups in total. The van der Waals surface area contributed by atoms with E-state index >= 15 is 0 Å². The largest absolute Gasteiger partial charge is 0.481 e. The molecule has 1 saturated heterocycles. The summed E-state index contributed by atoms with van der Waals surface area (Å²) in [4.78, 5) is 29.8. The molecular weight excluding hydrogens is 336 g/mol. The lowest BCUT2D eigenvalue weighted by atomic mass is 9.75. The summed E-state index contributed by atoms with van der Waals surface area (Å²) in [6.45, 7) is 2.93. The lowest BCUT2D eigenvalue weighted by Gasteiger charge is -2.38. The van der Waals surface area contributed by atoms with Gasteiger partial charge in [0, 0.05) is 23.8 Å². The minimum Gasteiger partial charge on any atom is -0.481 e. The van der Waals surface area contributed by atoms with Crippen molar-refractivity contribution in [2.75, 3.05) is 13.1 Å². The fourth-order valence-electron chi connectivity index (χ4n) is 2.88. The van der Waals surface area contributed by atoms with E-state index in [-0.39, 0.29) is 5.91 Å². The van der Waals surface area contributed by atoms with Gasteiger partial charge in [0.1, 0.15) is 5.69 Å². The zero-order chi connectivity index (χ0) is 15.5. The van der Waals surface area contributed by atoms with Gasteiger partial charge in [-0.1, -0.05) is 13.3 Å².